The largest absolute Gasteiger partial charge is 0.352 e. The van der Waals surface area contributed by atoms with Crippen LogP contribution in [0.2, 0.25) is 0 Å². The Hall–Kier alpha value is -2.63. The Labute approximate surface area is 116 Å². The lowest BCUT2D eigenvalue weighted by Crippen LogP contribution is -2.30. The number of nitrogens with zero attached hydrogens (tertiary/aromatic N) is 1. The third kappa shape index (κ3) is 4.24. The van der Waals surface area contributed by atoms with E-state index in [0.717, 1.165) is 5.56 Å². The highest BCUT2D eigenvalue weighted by molar-refractivity contribution is 5.94. The quantitative estimate of drug-likeness (QED) is 0.728. The summed E-state index contributed by atoms with van der Waals surface area (Å²) < 4.78 is 0. The summed E-state index contributed by atoms with van der Waals surface area (Å²) in [5, 5.41) is 11.9. The minimum atomic E-state index is -0.173. The molecule has 0 aliphatic rings. The van der Waals surface area contributed by atoms with Crippen molar-refractivity contribution >= 4 is 11.8 Å². The molecule has 20 heavy (non-hydrogen) atoms. The highest BCUT2D eigenvalue weighted by atomic mass is 16.2. The lowest BCUT2D eigenvalue weighted by Gasteiger charge is -2.06. The fraction of sp³-hybridized carbons (Fsp3) is 0.214. The lowest BCUT2D eigenvalue weighted by atomic mass is 10.2. The predicted molar refractivity (Wildman–Crippen MR) is 73.8 cm³/mol. The van der Waals surface area contributed by atoms with Crippen LogP contribution in [0, 0.1) is 0 Å². The molecule has 0 spiro atoms. The molecule has 2 aromatic rings. The highest BCUT2D eigenvalue weighted by Crippen LogP contribution is 1.97. The van der Waals surface area contributed by atoms with Crippen molar-refractivity contribution < 1.29 is 9.59 Å². The average Bonchev–Trinajstić information content (AvgIpc) is 2.99. The van der Waals surface area contributed by atoms with Crippen LogP contribution < -0.4 is 10.6 Å². The molecular formula is C14H16N4O2. The monoisotopic (exact) mass is 272 g/mol. The Kier molecular flexibility index (Phi) is 4.88. The van der Waals surface area contributed by atoms with Gasteiger partial charge in [0.2, 0.25) is 5.91 Å². The zero-order valence-corrected chi connectivity index (χ0v) is 10.9. The number of amides is 2. The van der Waals surface area contributed by atoms with E-state index in [9.17, 15) is 9.59 Å². The Morgan fingerprint density at radius 1 is 1.15 bits per heavy atom. The molecule has 6 heteroatoms. The van der Waals surface area contributed by atoms with E-state index in [1.807, 2.05) is 6.07 Å². The van der Waals surface area contributed by atoms with E-state index in [4.69, 9.17) is 0 Å². The molecule has 1 aromatic heterocycles. The van der Waals surface area contributed by atoms with Crippen LogP contribution in [0.15, 0.2) is 42.7 Å². The van der Waals surface area contributed by atoms with Gasteiger partial charge in [-0.25, -0.2) is 0 Å². The van der Waals surface area contributed by atoms with E-state index in [0.29, 0.717) is 18.7 Å². The van der Waals surface area contributed by atoms with Crippen LogP contribution in [0.5, 0.6) is 0 Å². The van der Waals surface area contributed by atoms with Gasteiger partial charge in [-0.3, -0.25) is 14.7 Å². The minimum Gasteiger partial charge on any atom is -0.352 e. The van der Waals surface area contributed by atoms with Crippen LogP contribution in [0.4, 0.5) is 0 Å². The number of benzene rings is 1. The number of aromatic amines is 1. The van der Waals surface area contributed by atoms with Gasteiger partial charge in [-0.15, -0.1) is 0 Å². The second-order valence-electron chi connectivity index (χ2n) is 4.26. The summed E-state index contributed by atoms with van der Waals surface area (Å²) in [4.78, 5) is 23.3. The third-order valence-corrected chi connectivity index (χ3v) is 2.72. The van der Waals surface area contributed by atoms with Crippen molar-refractivity contribution in [1.82, 2.24) is 20.8 Å². The predicted octanol–water partition coefficient (Wildman–Crippen LogP) is 0.846. The van der Waals surface area contributed by atoms with Gasteiger partial charge in [0, 0.05) is 36.8 Å². The molecule has 2 rings (SSSR count). The molecule has 0 saturated carbocycles. The molecular weight excluding hydrogens is 256 g/mol. The van der Waals surface area contributed by atoms with Gasteiger partial charge >= 0.3 is 0 Å². The summed E-state index contributed by atoms with van der Waals surface area (Å²) in [5.41, 5.74) is 1.50. The fourth-order valence-electron chi connectivity index (χ4n) is 1.64. The summed E-state index contributed by atoms with van der Waals surface area (Å²) in [6, 6.07) is 8.90. The summed E-state index contributed by atoms with van der Waals surface area (Å²) in [6.07, 6.45) is 3.62. The first-order valence-electron chi connectivity index (χ1n) is 6.33. The Morgan fingerprint density at radius 3 is 2.65 bits per heavy atom. The third-order valence-electron chi connectivity index (χ3n) is 2.72. The molecule has 6 nitrogen and oxygen atoms in total. The van der Waals surface area contributed by atoms with Crippen molar-refractivity contribution in [2.24, 2.45) is 0 Å². The maximum Gasteiger partial charge on any atom is 0.251 e. The summed E-state index contributed by atoms with van der Waals surface area (Å²) >= 11 is 0. The van der Waals surface area contributed by atoms with Crippen LogP contribution in [0.25, 0.3) is 0 Å². The van der Waals surface area contributed by atoms with Gasteiger partial charge in [-0.1, -0.05) is 18.2 Å². The normalized spacial score (nSPS) is 10.0. The van der Waals surface area contributed by atoms with E-state index in [-0.39, 0.29) is 18.2 Å². The maximum absolute atomic E-state index is 11.7. The molecule has 0 bridgehead atoms. The molecule has 0 fully saturated rings. The van der Waals surface area contributed by atoms with Gasteiger partial charge in [0.1, 0.15) is 0 Å². The highest BCUT2D eigenvalue weighted by Gasteiger charge is 2.06. The number of H-pyrrole nitrogens is 1. The molecule has 0 radical (unpaired) electrons. The molecule has 0 aliphatic carbocycles. The van der Waals surface area contributed by atoms with Crippen LogP contribution in [-0.2, 0) is 11.3 Å². The van der Waals surface area contributed by atoms with Crippen LogP contribution in [-0.4, -0.2) is 28.6 Å². The van der Waals surface area contributed by atoms with Gasteiger partial charge in [0.05, 0.1) is 6.20 Å². The summed E-state index contributed by atoms with van der Waals surface area (Å²) in [5.74, 6) is -0.284. The van der Waals surface area contributed by atoms with Crippen molar-refractivity contribution in [3.8, 4) is 0 Å². The topological polar surface area (TPSA) is 86.9 Å². The number of rotatable bonds is 6. The van der Waals surface area contributed by atoms with Crippen molar-refractivity contribution in [2.75, 3.05) is 6.54 Å². The van der Waals surface area contributed by atoms with Crippen molar-refractivity contribution in [3.63, 3.8) is 0 Å². The number of carbonyl (C=O) groups is 2. The van der Waals surface area contributed by atoms with E-state index < -0.39 is 0 Å². The Balaban J connectivity index is 1.65. The van der Waals surface area contributed by atoms with E-state index in [1.54, 1.807) is 36.7 Å². The van der Waals surface area contributed by atoms with Crippen molar-refractivity contribution in [1.29, 1.82) is 0 Å². The number of hydrogen-bond acceptors (Lipinski definition) is 3. The summed E-state index contributed by atoms with van der Waals surface area (Å²) in [6.45, 7) is 0.743. The van der Waals surface area contributed by atoms with E-state index in [2.05, 4.69) is 20.8 Å². The first kappa shape index (κ1) is 13.8. The second kappa shape index (κ2) is 7.08. The fourth-order valence-corrected chi connectivity index (χ4v) is 1.64. The van der Waals surface area contributed by atoms with Gasteiger partial charge in [0.15, 0.2) is 0 Å². The molecule has 0 saturated heterocycles. The smallest absolute Gasteiger partial charge is 0.251 e. The molecule has 2 amide bonds. The number of aromatic nitrogens is 2. The first-order valence-corrected chi connectivity index (χ1v) is 6.33. The van der Waals surface area contributed by atoms with Gasteiger partial charge < -0.3 is 10.6 Å². The van der Waals surface area contributed by atoms with Gasteiger partial charge in [-0.05, 0) is 12.1 Å². The van der Waals surface area contributed by atoms with E-state index in [1.165, 1.54) is 0 Å². The van der Waals surface area contributed by atoms with Crippen molar-refractivity contribution in [3.05, 3.63) is 53.9 Å². The number of nitrogens with one attached hydrogen (secondary N) is 3. The Morgan fingerprint density at radius 2 is 1.95 bits per heavy atom. The average molecular weight is 272 g/mol. The molecule has 1 heterocycles. The lowest BCUT2D eigenvalue weighted by molar-refractivity contribution is -0.121. The summed E-state index contributed by atoms with van der Waals surface area (Å²) in [7, 11) is 0. The SMILES string of the molecule is O=C(CCNC(=O)c1ccccc1)NCc1cn[nH]c1. The van der Waals surface area contributed by atoms with Crippen LogP contribution in [0.3, 0.4) is 0 Å². The second-order valence-corrected chi connectivity index (χ2v) is 4.26. The van der Waals surface area contributed by atoms with Gasteiger partial charge in [0.25, 0.3) is 5.91 Å². The first-order chi connectivity index (χ1) is 9.75. The maximum atomic E-state index is 11.7. The zero-order chi connectivity index (χ0) is 14.2. The minimum absolute atomic E-state index is 0.112. The molecule has 0 aliphatic heterocycles. The van der Waals surface area contributed by atoms with Crippen LogP contribution >= 0.6 is 0 Å². The molecule has 1 aromatic carbocycles. The van der Waals surface area contributed by atoms with Crippen LogP contribution in [0.1, 0.15) is 22.3 Å². The standard InChI is InChI=1S/C14H16N4O2/c19-13(16-8-11-9-17-18-10-11)6-7-15-14(20)12-4-2-1-3-5-12/h1-5,9-10H,6-8H2,(H,15,20)(H,16,19)(H,17,18). The van der Waals surface area contributed by atoms with Crippen molar-refractivity contribution in [2.45, 2.75) is 13.0 Å². The van der Waals surface area contributed by atoms with Gasteiger partial charge in [-0.2, -0.15) is 5.10 Å². The number of hydrogen-bond donors (Lipinski definition) is 3. The van der Waals surface area contributed by atoms with E-state index >= 15 is 0 Å². The Bertz CT molecular complexity index is 552. The molecule has 3 N–H and O–H groups in total. The molecule has 104 valence electrons. The zero-order valence-electron chi connectivity index (χ0n) is 10.9. The molecule has 0 unspecified atom stereocenters. The number of carbonyl (C=O) groups excluding carboxylic acids is 2. The molecule has 0 atom stereocenters.